The Morgan fingerprint density at radius 3 is 2.29 bits per heavy atom. The van der Waals surface area contributed by atoms with Gasteiger partial charge in [-0.05, 0) is 49.4 Å². The Labute approximate surface area is 163 Å². The minimum absolute atomic E-state index is 0.159. The lowest BCUT2D eigenvalue weighted by atomic mass is 10.2. The standard InChI is InChI=1S/C22H22N2O4/c1-16-14-20(27-2)15-21(25)24(16)13-12-23-22(26)17-8-10-19(11-9-17)28-18-6-4-3-5-7-18/h3-11,14-15H,12-13H2,1-2H3,(H,23,26). The predicted molar refractivity (Wildman–Crippen MR) is 107 cm³/mol. The lowest BCUT2D eigenvalue weighted by Crippen LogP contribution is -2.31. The third-order valence-electron chi connectivity index (χ3n) is 4.26. The summed E-state index contributed by atoms with van der Waals surface area (Å²) in [6.07, 6.45) is 0. The Bertz CT molecular complexity index is 995. The molecule has 0 fully saturated rings. The summed E-state index contributed by atoms with van der Waals surface area (Å²) in [5.74, 6) is 1.72. The summed E-state index contributed by atoms with van der Waals surface area (Å²) in [5.41, 5.74) is 1.15. The second-order valence-corrected chi connectivity index (χ2v) is 6.22. The van der Waals surface area contributed by atoms with Crippen LogP contribution in [0.5, 0.6) is 17.2 Å². The molecule has 0 spiro atoms. The summed E-state index contributed by atoms with van der Waals surface area (Å²) >= 11 is 0. The first kappa shape index (κ1) is 19.2. The Morgan fingerprint density at radius 2 is 1.64 bits per heavy atom. The molecule has 6 nitrogen and oxygen atoms in total. The molecule has 1 heterocycles. The van der Waals surface area contributed by atoms with Crippen molar-refractivity contribution in [2.45, 2.75) is 13.5 Å². The lowest BCUT2D eigenvalue weighted by molar-refractivity contribution is 0.0952. The first-order valence-corrected chi connectivity index (χ1v) is 8.93. The molecule has 28 heavy (non-hydrogen) atoms. The van der Waals surface area contributed by atoms with Gasteiger partial charge in [0.2, 0.25) is 0 Å². The van der Waals surface area contributed by atoms with E-state index in [1.54, 1.807) is 34.9 Å². The minimum atomic E-state index is -0.203. The molecule has 0 atom stereocenters. The molecular weight excluding hydrogens is 356 g/mol. The zero-order valence-corrected chi connectivity index (χ0v) is 15.8. The van der Waals surface area contributed by atoms with Gasteiger partial charge in [0.05, 0.1) is 7.11 Å². The van der Waals surface area contributed by atoms with Crippen LogP contribution in [0.3, 0.4) is 0 Å². The highest BCUT2D eigenvalue weighted by Crippen LogP contribution is 2.21. The van der Waals surface area contributed by atoms with Crippen molar-refractivity contribution in [1.82, 2.24) is 9.88 Å². The first-order valence-electron chi connectivity index (χ1n) is 8.93. The molecule has 1 amide bonds. The molecule has 0 saturated carbocycles. The molecule has 6 heteroatoms. The number of para-hydroxylation sites is 1. The van der Waals surface area contributed by atoms with Gasteiger partial charge < -0.3 is 19.4 Å². The number of rotatable bonds is 7. The summed E-state index contributed by atoms with van der Waals surface area (Å²) < 4.78 is 12.4. The van der Waals surface area contributed by atoms with Crippen LogP contribution in [-0.2, 0) is 6.54 Å². The largest absolute Gasteiger partial charge is 0.496 e. The molecule has 0 saturated heterocycles. The third-order valence-corrected chi connectivity index (χ3v) is 4.26. The fourth-order valence-electron chi connectivity index (χ4n) is 2.79. The van der Waals surface area contributed by atoms with Crippen LogP contribution < -0.4 is 20.3 Å². The van der Waals surface area contributed by atoms with Crippen molar-refractivity contribution in [2.75, 3.05) is 13.7 Å². The van der Waals surface area contributed by atoms with Crippen LogP contribution in [0.1, 0.15) is 16.1 Å². The van der Waals surface area contributed by atoms with Gasteiger partial charge in [0, 0.05) is 30.4 Å². The van der Waals surface area contributed by atoms with Gasteiger partial charge in [0.15, 0.2) is 0 Å². The molecule has 1 aromatic heterocycles. The molecule has 2 aromatic carbocycles. The number of ether oxygens (including phenoxy) is 2. The predicted octanol–water partition coefficient (Wildman–Crippen LogP) is 3.39. The number of nitrogens with one attached hydrogen (secondary N) is 1. The zero-order chi connectivity index (χ0) is 19.9. The van der Waals surface area contributed by atoms with Crippen molar-refractivity contribution >= 4 is 5.91 Å². The van der Waals surface area contributed by atoms with E-state index in [1.165, 1.54) is 13.2 Å². The van der Waals surface area contributed by atoms with E-state index < -0.39 is 0 Å². The maximum Gasteiger partial charge on any atom is 0.254 e. The molecule has 0 unspecified atom stereocenters. The van der Waals surface area contributed by atoms with Crippen molar-refractivity contribution in [3.05, 3.63) is 88.3 Å². The Balaban J connectivity index is 1.56. The highest BCUT2D eigenvalue weighted by Gasteiger charge is 2.08. The third kappa shape index (κ3) is 4.79. The number of benzene rings is 2. The van der Waals surface area contributed by atoms with Gasteiger partial charge in [-0.15, -0.1) is 0 Å². The van der Waals surface area contributed by atoms with Crippen LogP contribution in [-0.4, -0.2) is 24.1 Å². The average Bonchev–Trinajstić information content (AvgIpc) is 2.71. The van der Waals surface area contributed by atoms with Crippen LogP contribution in [0.25, 0.3) is 0 Å². The Morgan fingerprint density at radius 1 is 0.964 bits per heavy atom. The summed E-state index contributed by atoms with van der Waals surface area (Å²) in [6.45, 7) is 2.56. The topological polar surface area (TPSA) is 69.6 Å². The van der Waals surface area contributed by atoms with Crippen molar-refractivity contribution in [3.8, 4) is 17.2 Å². The van der Waals surface area contributed by atoms with Gasteiger partial charge in [-0.3, -0.25) is 9.59 Å². The fraction of sp³-hybridized carbons (Fsp3) is 0.182. The molecule has 3 rings (SSSR count). The number of amides is 1. The molecule has 1 N–H and O–H groups in total. The van der Waals surface area contributed by atoms with E-state index >= 15 is 0 Å². The van der Waals surface area contributed by atoms with Crippen molar-refractivity contribution in [3.63, 3.8) is 0 Å². The monoisotopic (exact) mass is 378 g/mol. The van der Waals surface area contributed by atoms with Crippen LogP contribution in [0, 0.1) is 6.92 Å². The average molecular weight is 378 g/mol. The summed E-state index contributed by atoms with van der Waals surface area (Å²) in [7, 11) is 1.52. The van der Waals surface area contributed by atoms with Gasteiger partial charge in [0.25, 0.3) is 11.5 Å². The highest BCUT2D eigenvalue weighted by atomic mass is 16.5. The molecule has 0 aliphatic rings. The molecular formula is C22H22N2O4. The van der Waals surface area contributed by atoms with E-state index in [4.69, 9.17) is 9.47 Å². The van der Waals surface area contributed by atoms with Gasteiger partial charge in [-0.1, -0.05) is 18.2 Å². The number of hydrogen-bond acceptors (Lipinski definition) is 4. The van der Waals surface area contributed by atoms with Crippen LogP contribution in [0.2, 0.25) is 0 Å². The van der Waals surface area contributed by atoms with E-state index in [0.717, 1.165) is 11.4 Å². The van der Waals surface area contributed by atoms with E-state index in [2.05, 4.69) is 5.32 Å². The summed E-state index contributed by atoms with van der Waals surface area (Å²) in [4.78, 5) is 24.4. The second-order valence-electron chi connectivity index (χ2n) is 6.22. The van der Waals surface area contributed by atoms with E-state index in [-0.39, 0.29) is 11.5 Å². The maximum atomic E-state index is 12.3. The summed E-state index contributed by atoms with van der Waals surface area (Å²) in [5, 5.41) is 2.83. The number of hydrogen-bond donors (Lipinski definition) is 1. The van der Waals surface area contributed by atoms with Gasteiger partial charge in [-0.25, -0.2) is 0 Å². The molecule has 0 aliphatic heterocycles. The smallest absolute Gasteiger partial charge is 0.254 e. The van der Waals surface area contributed by atoms with Gasteiger partial charge in [0.1, 0.15) is 17.2 Å². The first-order chi connectivity index (χ1) is 13.6. The number of carbonyl (C=O) groups is 1. The second kappa shape index (κ2) is 8.90. The number of aryl methyl sites for hydroxylation is 1. The minimum Gasteiger partial charge on any atom is -0.496 e. The fourth-order valence-corrected chi connectivity index (χ4v) is 2.79. The van der Waals surface area contributed by atoms with Crippen molar-refractivity contribution < 1.29 is 14.3 Å². The molecule has 3 aromatic rings. The van der Waals surface area contributed by atoms with E-state index in [0.29, 0.717) is 30.2 Å². The van der Waals surface area contributed by atoms with Crippen molar-refractivity contribution in [1.29, 1.82) is 0 Å². The summed E-state index contributed by atoms with van der Waals surface area (Å²) in [6, 6.07) is 19.6. The molecule has 144 valence electrons. The molecule has 0 radical (unpaired) electrons. The maximum absolute atomic E-state index is 12.3. The van der Waals surface area contributed by atoms with Crippen LogP contribution in [0.15, 0.2) is 71.5 Å². The zero-order valence-electron chi connectivity index (χ0n) is 15.8. The van der Waals surface area contributed by atoms with Gasteiger partial charge >= 0.3 is 0 Å². The normalized spacial score (nSPS) is 10.4. The van der Waals surface area contributed by atoms with Crippen LogP contribution >= 0.6 is 0 Å². The number of nitrogens with zero attached hydrogens (tertiary/aromatic N) is 1. The lowest BCUT2D eigenvalue weighted by Gasteiger charge is -2.12. The van der Waals surface area contributed by atoms with Gasteiger partial charge in [-0.2, -0.15) is 0 Å². The quantitative estimate of drug-likeness (QED) is 0.684. The number of carbonyl (C=O) groups excluding carboxylic acids is 1. The van der Waals surface area contributed by atoms with E-state index in [9.17, 15) is 9.59 Å². The van der Waals surface area contributed by atoms with Crippen LogP contribution in [0.4, 0.5) is 0 Å². The Kier molecular flexibility index (Phi) is 6.11. The highest BCUT2D eigenvalue weighted by molar-refractivity contribution is 5.94. The number of methoxy groups -OCH3 is 1. The Hall–Kier alpha value is -3.54. The molecule has 0 aliphatic carbocycles. The SMILES string of the molecule is COc1cc(C)n(CCNC(=O)c2ccc(Oc3ccccc3)cc2)c(=O)c1. The van der Waals surface area contributed by atoms with E-state index in [1.807, 2.05) is 37.3 Å². The van der Waals surface area contributed by atoms with Crippen molar-refractivity contribution in [2.24, 2.45) is 0 Å². The number of pyridine rings is 1. The molecule has 0 bridgehead atoms. The number of aromatic nitrogens is 1.